The summed E-state index contributed by atoms with van der Waals surface area (Å²) in [4.78, 5) is 11.9. The second-order valence-corrected chi connectivity index (χ2v) is 4.64. The predicted molar refractivity (Wildman–Crippen MR) is 90.2 cm³/mol. The van der Waals surface area contributed by atoms with Crippen LogP contribution in [0.3, 0.4) is 0 Å². The van der Waals surface area contributed by atoms with E-state index in [0.717, 1.165) is 0 Å². The highest BCUT2D eigenvalue weighted by Crippen LogP contribution is 2.29. The quantitative estimate of drug-likeness (QED) is 0.762. The van der Waals surface area contributed by atoms with Crippen LogP contribution >= 0.6 is 0 Å². The summed E-state index contributed by atoms with van der Waals surface area (Å²) in [7, 11) is 4.63. The Balaban J connectivity index is 1.87. The molecule has 0 atom stereocenters. The first kappa shape index (κ1) is 17.3. The van der Waals surface area contributed by atoms with Crippen molar-refractivity contribution in [2.24, 2.45) is 0 Å². The number of benzene rings is 2. The Hall–Kier alpha value is -3.09. The molecule has 0 saturated heterocycles. The van der Waals surface area contributed by atoms with Crippen molar-refractivity contribution < 1.29 is 23.7 Å². The SMILES string of the molecule is COc1ccc(NC(=O)NCOc2ccccc2OC)cc1OC. The molecule has 7 nitrogen and oxygen atoms in total. The molecular formula is C17H20N2O5. The molecule has 128 valence electrons. The van der Waals surface area contributed by atoms with Crippen LogP contribution in [-0.4, -0.2) is 34.1 Å². The number of hydrogen-bond acceptors (Lipinski definition) is 5. The second kappa shape index (κ2) is 8.52. The number of hydrogen-bond donors (Lipinski definition) is 2. The molecule has 0 radical (unpaired) electrons. The summed E-state index contributed by atoms with van der Waals surface area (Å²) in [6, 6.07) is 11.9. The number of rotatable bonds is 7. The summed E-state index contributed by atoms with van der Waals surface area (Å²) >= 11 is 0. The number of amides is 2. The van der Waals surface area contributed by atoms with E-state index in [0.29, 0.717) is 28.7 Å². The number of urea groups is 1. The van der Waals surface area contributed by atoms with Gasteiger partial charge in [-0.05, 0) is 24.3 Å². The zero-order valence-electron chi connectivity index (χ0n) is 13.8. The number of methoxy groups -OCH3 is 3. The van der Waals surface area contributed by atoms with Crippen LogP contribution in [0.4, 0.5) is 10.5 Å². The van der Waals surface area contributed by atoms with Crippen LogP contribution in [0.15, 0.2) is 42.5 Å². The Morgan fingerprint density at radius 2 is 1.50 bits per heavy atom. The number of para-hydroxylation sites is 2. The lowest BCUT2D eigenvalue weighted by atomic mass is 10.3. The fourth-order valence-electron chi connectivity index (χ4n) is 2.01. The van der Waals surface area contributed by atoms with Gasteiger partial charge in [-0.25, -0.2) is 4.79 Å². The van der Waals surface area contributed by atoms with E-state index < -0.39 is 6.03 Å². The fraction of sp³-hybridized carbons (Fsp3) is 0.235. The van der Waals surface area contributed by atoms with E-state index in [9.17, 15) is 4.79 Å². The molecule has 0 bridgehead atoms. The maximum Gasteiger partial charge on any atom is 0.321 e. The molecule has 0 spiro atoms. The van der Waals surface area contributed by atoms with Gasteiger partial charge in [0.25, 0.3) is 0 Å². The van der Waals surface area contributed by atoms with Crippen molar-refractivity contribution in [3.05, 3.63) is 42.5 Å². The third-order valence-corrected chi connectivity index (χ3v) is 3.17. The number of anilines is 1. The summed E-state index contributed by atoms with van der Waals surface area (Å²) in [6.45, 7) is -0.000500. The Kier molecular flexibility index (Phi) is 6.13. The van der Waals surface area contributed by atoms with Gasteiger partial charge in [0.2, 0.25) is 0 Å². The number of ether oxygens (including phenoxy) is 4. The number of carbonyl (C=O) groups excluding carboxylic acids is 1. The number of nitrogens with one attached hydrogen (secondary N) is 2. The topological polar surface area (TPSA) is 78.1 Å². The average molecular weight is 332 g/mol. The van der Waals surface area contributed by atoms with Crippen LogP contribution in [0.5, 0.6) is 23.0 Å². The lowest BCUT2D eigenvalue weighted by molar-refractivity contribution is 0.231. The molecule has 0 aliphatic carbocycles. The molecule has 0 aliphatic heterocycles. The van der Waals surface area contributed by atoms with Crippen LogP contribution in [0.1, 0.15) is 0 Å². The molecule has 0 fully saturated rings. The van der Waals surface area contributed by atoms with Gasteiger partial charge in [0.15, 0.2) is 29.7 Å². The molecule has 2 N–H and O–H groups in total. The summed E-state index contributed by atoms with van der Waals surface area (Å²) in [5, 5.41) is 5.28. The fourth-order valence-corrected chi connectivity index (χ4v) is 2.01. The van der Waals surface area contributed by atoms with Gasteiger partial charge in [0, 0.05) is 11.8 Å². The minimum Gasteiger partial charge on any atom is -0.493 e. The maximum atomic E-state index is 11.9. The van der Waals surface area contributed by atoms with E-state index in [2.05, 4.69) is 10.6 Å². The molecule has 2 aromatic carbocycles. The molecule has 2 amide bonds. The third kappa shape index (κ3) is 4.45. The number of carbonyl (C=O) groups is 1. The van der Waals surface area contributed by atoms with Crippen molar-refractivity contribution in [1.29, 1.82) is 0 Å². The van der Waals surface area contributed by atoms with E-state index in [1.54, 1.807) is 44.6 Å². The first-order valence-corrected chi connectivity index (χ1v) is 7.20. The van der Waals surface area contributed by atoms with Crippen LogP contribution in [0.2, 0.25) is 0 Å². The van der Waals surface area contributed by atoms with Crippen molar-refractivity contribution in [3.8, 4) is 23.0 Å². The van der Waals surface area contributed by atoms with Gasteiger partial charge in [-0.2, -0.15) is 0 Å². The van der Waals surface area contributed by atoms with Gasteiger partial charge in [0.1, 0.15) is 0 Å². The van der Waals surface area contributed by atoms with Crippen LogP contribution < -0.4 is 29.6 Å². The van der Waals surface area contributed by atoms with Gasteiger partial charge in [-0.3, -0.25) is 0 Å². The van der Waals surface area contributed by atoms with Crippen LogP contribution in [-0.2, 0) is 0 Å². The minimum absolute atomic E-state index is 0.000500. The standard InChI is InChI=1S/C17H20N2O5/c1-21-13-6-4-5-7-15(13)24-11-18-17(20)19-12-8-9-14(22-2)16(10-12)23-3/h4-10H,11H2,1-3H3,(H2,18,19,20). The molecule has 24 heavy (non-hydrogen) atoms. The molecule has 2 rings (SSSR count). The van der Waals surface area contributed by atoms with Crippen LogP contribution in [0, 0.1) is 0 Å². The van der Waals surface area contributed by atoms with Gasteiger partial charge >= 0.3 is 6.03 Å². The van der Waals surface area contributed by atoms with Crippen molar-refractivity contribution in [2.75, 3.05) is 33.4 Å². The largest absolute Gasteiger partial charge is 0.493 e. The zero-order chi connectivity index (χ0) is 17.4. The molecule has 0 saturated carbocycles. The normalized spacial score (nSPS) is 9.79. The molecular weight excluding hydrogens is 312 g/mol. The summed E-state index contributed by atoms with van der Waals surface area (Å²) in [5.74, 6) is 2.26. The van der Waals surface area contributed by atoms with Crippen molar-refractivity contribution in [2.45, 2.75) is 0 Å². The minimum atomic E-state index is -0.405. The highest BCUT2D eigenvalue weighted by molar-refractivity contribution is 5.89. The summed E-state index contributed by atoms with van der Waals surface area (Å²) < 4.78 is 21.0. The first-order valence-electron chi connectivity index (χ1n) is 7.20. The summed E-state index contributed by atoms with van der Waals surface area (Å²) in [6.07, 6.45) is 0. The lowest BCUT2D eigenvalue weighted by Crippen LogP contribution is -2.32. The van der Waals surface area contributed by atoms with Crippen LogP contribution in [0.25, 0.3) is 0 Å². The predicted octanol–water partition coefficient (Wildman–Crippen LogP) is 2.87. The molecule has 0 aliphatic rings. The Bertz CT molecular complexity index is 690. The molecule has 0 heterocycles. The Labute approximate surface area is 140 Å². The Morgan fingerprint density at radius 1 is 0.875 bits per heavy atom. The second-order valence-electron chi connectivity index (χ2n) is 4.64. The van der Waals surface area contributed by atoms with E-state index in [4.69, 9.17) is 18.9 Å². The van der Waals surface area contributed by atoms with E-state index in [-0.39, 0.29) is 6.73 Å². The van der Waals surface area contributed by atoms with Gasteiger partial charge in [-0.1, -0.05) is 12.1 Å². The molecule has 0 unspecified atom stereocenters. The van der Waals surface area contributed by atoms with Gasteiger partial charge < -0.3 is 29.6 Å². The van der Waals surface area contributed by atoms with E-state index in [1.165, 1.54) is 7.11 Å². The van der Waals surface area contributed by atoms with Crippen molar-refractivity contribution in [1.82, 2.24) is 5.32 Å². The smallest absolute Gasteiger partial charge is 0.321 e. The molecule has 0 aromatic heterocycles. The van der Waals surface area contributed by atoms with Gasteiger partial charge in [0.05, 0.1) is 21.3 Å². The van der Waals surface area contributed by atoms with E-state index in [1.807, 2.05) is 12.1 Å². The first-order chi connectivity index (χ1) is 11.7. The molecule has 7 heteroatoms. The average Bonchev–Trinajstić information content (AvgIpc) is 2.62. The molecule has 2 aromatic rings. The van der Waals surface area contributed by atoms with Crippen molar-refractivity contribution in [3.63, 3.8) is 0 Å². The summed E-state index contributed by atoms with van der Waals surface area (Å²) in [5.41, 5.74) is 0.572. The van der Waals surface area contributed by atoms with Crippen molar-refractivity contribution >= 4 is 11.7 Å². The highest BCUT2D eigenvalue weighted by Gasteiger charge is 2.08. The zero-order valence-corrected chi connectivity index (χ0v) is 13.8. The third-order valence-electron chi connectivity index (χ3n) is 3.17. The highest BCUT2D eigenvalue weighted by atomic mass is 16.5. The van der Waals surface area contributed by atoms with E-state index >= 15 is 0 Å². The van der Waals surface area contributed by atoms with Gasteiger partial charge in [-0.15, -0.1) is 0 Å². The maximum absolute atomic E-state index is 11.9. The monoisotopic (exact) mass is 332 g/mol. The Morgan fingerprint density at radius 3 is 2.17 bits per heavy atom. The lowest BCUT2D eigenvalue weighted by Gasteiger charge is -2.13.